The van der Waals surface area contributed by atoms with Gasteiger partial charge in [0.05, 0.1) is 0 Å². The van der Waals surface area contributed by atoms with Crippen molar-refractivity contribution in [3.63, 3.8) is 0 Å². The topological polar surface area (TPSA) is 32.3 Å². The SMILES string of the molecule is Cc1cc(C)cc(NC(=O)C2CCN(Cc3ccc(Cl)cc3)CC2)c1. The van der Waals surface area contributed by atoms with Crippen molar-refractivity contribution in [3.8, 4) is 0 Å². The summed E-state index contributed by atoms with van der Waals surface area (Å²) in [7, 11) is 0. The third kappa shape index (κ3) is 5.07. The molecule has 3 nitrogen and oxygen atoms in total. The predicted molar refractivity (Wildman–Crippen MR) is 104 cm³/mol. The van der Waals surface area contributed by atoms with Crippen LogP contribution in [-0.2, 0) is 11.3 Å². The highest BCUT2D eigenvalue weighted by molar-refractivity contribution is 6.30. The summed E-state index contributed by atoms with van der Waals surface area (Å²) in [6.07, 6.45) is 1.81. The first-order valence-corrected chi connectivity index (χ1v) is 9.23. The van der Waals surface area contributed by atoms with Crippen molar-refractivity contribution >= 4 is 23.2 Å². The molecule has 0 radical (unpaired) electrons. The lowest BCUT2D eigenvalue weighted by Crippen LogP contribution is -2.37. The Labute approximate surface area is 155 Å². The molecule has 0 saturated carbocycles. The van der Waals surface area contributed by atoms with Crippen molar-refractivity contribution in [2.45, 2.75) is 33.2 Å². The molecule has 1 fully saturated rings. The lowest BCUT2D eigenvalue weighted by molar-refractivity contribution is -0.121. The van der Waals surface area contributed by atoms with Gasteiger partial charge in [0, 0.05) is 23.2 Å². The molecule has 1 aliphatic heterocycles. The molecule has 1 N–H and O–H groups in total. The standard InChI is InChI=1S/C21H25ClN2O/c1-15-11-16(2)13-20(12-15)23-21(25)18-7-9-24(10-8-18)14-17-3-5-19(22)6-4-17/h3-6,11-13,18H,7-10,14H2,1-2H3,(H,23,25). The second-order valence-electron chi connectivity index (χ2n) is 7.04. The van der Waals surface area contributed by atoms with Crippen molar-refractivity contribution in [2.75, 3.05) is 18.4 Å². The van der Waals surface area contributed by atoms with Crippen LogP contribution in [0.25, 0.3) is 0 Å². The minimum absolute atomic E-state index is 0.0993. The van der Waals surface area contributed by atoms with Crippen LogP contribution in [0.5, 0.6) is 0 Å². The van der Waals surface area contributed by atoms with Crippen molar-refractivity contribution in [1.29, 1.82) is 0 Å². The van der Waals surface area contributed by atoms with Gasteiger partial charge in [-0.05, 0) is 80.7 Å². The van der Waals surface area contributed by atoms with Gasteiger partial charge in [0.15, 0.2) is 0 Å². The summed E-state index contributed by atoms with van der Waals surface area (Å²) in [5.41, 5.74) is 4.52. The fourth-order valence-electron chi connectivity index (χ4n) is 3.49. The summed E-state index contributed by atoms with van der Waals surface area (Å²) in [5, 5.41) is 3.86. The van der Waals surface area contributed by atoms with Crippen LogP contribution in [0, 0.1) is 19.8 Å². The molecule has 1 heterocycles. The van der Waals surface area contributed by atoms with Crippen LogP contribution in [0.3, 0.4) is 0 Å². The molecule has 0 atom stereocenters. The molecule has 4 heteroatoms. The molecule has 132 valence electrons. The Balaban J connectivity index is 1.51. The molecule has 2 aromatic carbocycles. The molecular weight excluding hydrogens is 332 g/mol. The van der Waals surface area contributed by atoms with Crippen LogP contribution >= 0.6 is 11.6 Å². The Hall–Kier alpha value is -1.84. The number of hydrogen-bond donors (Lipinski definition) is 1. The number of halogens is 1. The van der Waals surface area contributed by atoms with Crippen molar-refractivity contribution in [1.82, 2.24) is 4.90 Å². The summed E-state index contributed by atoms with van der Waals surface area (Å²) >= 11 is 5.94. The number of benzene rings is 2. The first-order chi connectivity index (χ1) is 12.0. The molecule has 3 rings (SSSR count). The number of carbonyl (C=O) groups excluding carboxylic acids is 1. The van der Waals surface area contributed by atoms with Gasteiger partial charge >= 0.3 is 0 Å². The monoisotopic (exact) mass is 356 g/mol. The van der Waals surface area contributed by atoms with E-state index in [1.807, 2.05) is 24.3 Å². The molecule has 0 aliphatic carbocycles. The minimum Gasteiger partial charge on any atom is -0.326 e. The minimum atomic E-state index is 0.0993. The van der Waals surface area contributed by atoms with E-state index in [-0.39, 0.29) is 11.8 Å². The van der Waals surface area contributed by atoms with Crippen molar-refractivity contribution in [3.05, 3.63) is 64.2 Å². The van der Waals surface area contributed by atoms with E-state index < -0.39 is 0 Å². The summed E-state index contributed by atoms with van der Waals surface area (Å²) in [6, 6.07) is 14.2. The van der Waals surface area contributed by atoms with Crippen LogP contribution in [0.15, 0.2) is 42.5 Å². The molecule has 25 heavy (non-hydrogen) atoms. The number of aryl methyl sites for hydroxylation is 2. The van der Waals surface area contributed by atoms with E-state index in [0.29, 0.717) is 0 Å². The molecule has 0 unspecified atom stereocenters. The Morgan fingerprint density at radius 1 is 1.08 bits per heavy atom. The van der Waals surface area contributed by atoms with Gasteiger partial charge in [0.25, 0.3) is 0 Å². The lowest BCUT2D eigenvalue weighted by atomic mass is 9.95. The van der Waals surface area contributed by atoms with Crippen molar-refractivity contribution in [2.24, 2.45) is 5.92 Å². The number of anilines is 1. The number of hydrogen-bond acceptors (Lipinski definition) is 2. The molecule has 1 aliphatic rings. The average molecular weight is 357 g/mol. The summed E-state index contributed by atoms with van der Waals surface area (Å²) in [4.78, 5) is 15.0. The van der Waals surface area contributed by atoms with Crippen LogP contribution in [-0.4, -0.2) is 23.9 Å². The molecule has 0 aromatic heterocycles. The molecule has 0 bridgehead atoms. The van der Waals surface area contributed by atoms with Crippen LogP contribution < -0.4 is 5.32 Å². The zero-order chi connectivity index (χ0) is 17.8. The largest absolute Gasteiger partial charge is 0.326 e. The Morgan fingerprint density at radius 2 is 1.68 bits per heavy atom. The van der Waals surface area contributed by atoms with E-state index in [2.05, 4.69) is 42.3 Å². The van der Waals surface area contributed by atoms with Gasteiger partial charge in [0.2, 0.25) is 5.91 Å². The smallest absolute Gasteiger partial charge is 0.227 e. The van der Waals surface area contributed by atoms with Gasteiger partial charge in [-0.3, -0.25) is 9.69 Å². The van der Waals surface area contributed by atoms with E-state index in [4.69, 9.17) is 11.6 Å². The molecule has 0 spiro atoms. The van der Waals surface area contributed by atoms with E-state index in [1.54, 1.807) is 0 Å². The number of nitrogens with one attached hydrogen (secondary N) is 1. The normalized spacial score (nSPS) is 16.0. The number of amides is 1. The van der Waals surface area contributed by atoms with E-state index in [9.17, 15) is 4.79 Å². The fraction of sp³-hybridized carbons (Fsp3) is 0.381. The molecule has 1 saturated heterocycles. The summed E-state index contributed by atoms with van der Waals surface area (Å²) in [5.74, 6) is 0.249. The number of nitrogens with zero attached hydrogens (tertiary/aromatic N) is 1. The molecule has 2 aromatic rings. The highest BCUT2D eigenvalue weighted by Gasteiger charge is 2.25. The number of rotatable bonds is 4. The van der Waals surface area contributed by atoms with Gasteiger partial charge in [-0.1, -0.05) is 29.8 Å². The second kappa shape index (κ2) is 8.03. The predicted octanol–water partition coefficient (Wildman–Crippen LogP) is 4.81. The highest BCUT2D eigenvalue weighted by Crippen LogP contribution is 2.22. The molecular formula is C21H25ClN2O. The van der Waals surface area contributed by atoms with Gasteiger partial charge < -0.3 is 5.32 Å². The highest BCUT2D eigenvalue weighted by atomic mass is 35.5. The Kier molecular flexibility index (Phi) is 5.77. The first kappa shape index (κ1) is 18.0. The quantitative estimate of drug-likeness (QED) is 0.852. The van der Waals surface area contributed by atoms with Crippen LogP contribution in [0.4, 0.5) is 5.69 Å². The fourth-order valence-corrected chi connectivity index (χ4v) is 3.62. The van der Waals surface area contributed by atoms with E-state index in [0.717, 1.165) is 43.2 Å². The first-order valence-electron chi connectivity index (χ1n) is 8.85. The van der Waals surface area contributed by atoms with Crippen molar-refractivity contribution < 1.29 is 4.79 Å². The van der Waals surface area contributed by atoms with Gasteiger partial charge in [-0.15, -0.1) is 0 Å². The maximum atomic E-state index is 12.5. The molecule has 1 amide bonds. The van der Waals surface area contributed by atoms with Crippen LogP contribution in [0.1, 0.15) is 29.5 Å². The number of carbonyl (C=O) groups is 1. The van der Waals surface area contributed by atoms with Gasteiger partial charge in [-0.2, -0.15) is 0 Å². The Morgan fingerprint density at radius 3 is 2.28 bits per heavy atom. The zero-order valence-corrected chi connectivity index (χ0v) is 15.6. The van der Waals surface area contributed by atoms with E-state index in [1.165, 1.54) is 16.7 Å². The second-order valence-corrected chi connectivity index (χ2v) is 7.48. The lowest BCUT2D eigenvalue weighted by Gasteiger charge is -2.31. The summed E-state index contributed by atoms with van der Waals surface area (Å²) in [6.45, 7) is 6.93. The number of likely N-dealkylation sites (tertiary alicyclic amines) is 1. The zero-order valence-electron chi connectivity index (χ0n) is 14.9. The summed E-state index contributed by atoms with van der Waals surface area (Å²) < 4.78 is 0. The maximum absolute atomic E-state index is 12.5. The Bertz CT molecular complexity index is 714. The van der Waals surface area contributed by atoms with E-state index >= 15 is 0 Å². The third-order valence-corrected chi connectivity index (χ3v) is 5.02. The van der Waals surface area contributed by atoms with Gasteiger partial charge in [0.1, 0.15) is 0 Å². The number of piperidine rings is 1. The maximum Gasteiger partial charge on any atom is 0.227 e. The third-order valence-electron chi connectivity index (χ3n) is 4.77. The average Bonchev–Trinajstić information content (AvgIpc) is 2.56. The van der Waals surface area contributed by atoms with Crippen LogP contribution in [0.2, 0.25) is 5.02 Å². The van der Waals surface area contributed by atoms with Gasteiger partial charge in [-0.25, -0.2) is 0 Å².